The van der Waals surface area contributed by atoms with Crippen LogP contribution in [0.3, 0.4) is 0 Å². The van der Waals surface area contributed by atoms with Crippen molar-refractivity contribution in [1.29, 1.82) is 0 Å². The van der Waals surface area contributed by atoms with Crippen LogP contribution in [0, 0.1) is 13.8 Å². The maximum Gasteiger partial charge on any atom is 0.251 e. The Balaban J connectivity index is 1.50. The summed E-state index contributed by atoms with van der Waals surface area (Å²) in [4.78, 5) is 14.6. The molecule has 1 aliphatic heterocycles. The van der Waals surface area contributed by atoms with Crippen LogP contribution >= 0.6 is 0 Å². The number of hydrogen-bond acceptors (Lipinski definition) is 2. The number of nitrogens with zero attached hydrogens (tertiary/aromatic N) is 1. The van der Waals surface area contributed by atoms with Crippen LogP contribution in [0.4, 0.5) is 5.69 Å². The van der Waals surface area contributed by atoms with Gasteiger partial charge in [0.15, 0.2) is 0 Å². The van der Waals surface area contributed by atoms with Crippen LogP contribution in [-0.4, -0.2) is 25.5 Å². The first-order valence-corrected chi connectivity index (χ1v) is 8.83. The number of aryl methyl sites for hydroxylation is 2. The summed E-state index contributed by atoms with van der Waals surface area (Å²) >= 11 is 0. The smallest absolute Gasteiger partial charge is 0.251 e. The molecule has 126 valence electrons. The molecule has 1 heterocycles. The largest absolute Gasteiger partial charge is 0.372 e. The molecular formula is C21H26N2O. The number of anilines is 1. The van der Waals surface area contributed by atoms with Gasteiger partial charge in [0.2, 0.25) is 0 Å². The molecule has 0 radical (unpaired) electrons. The van der Waals surface area contributed by atoms with Gasteiger partial charge in [-0.2, -0.15) is 0 Å². The summed E-state index contributed by atoms with van der Waals surface area (Å²) in [6, 6.07) is 14.6. The van der Waals surface area contributed by atoms with Gasteiger partial charge in [-0.25, -0.2) is 0 Å². The Bertz CT molecular complexity index is 700. The topological polar surface area (TPSA) is 32.3 Å². The maximum atomic E-state index is 12.2. The van der Waals surface area contributed by atoms with E-state index in [9.17, 15) is 4.79 Å². The summed E-state index contributed by atoms with van der Waals surface area (Å²) in [5, 5.41) is 3.01. The number of benzene rings is 2. The van der Waals surface area contributed by atoms with Crippen molar-refractivity contribution < 1.29 is 4.79 Å². The lowest BCUT2D eigenvalue weighted by molar-refractivity contribution is 0.0954. The Kier molecular flexibility index (Phi) is 5.19. The van der Waals surface area contributed by atoms with Gasteiger partial charge >= 0.3 is 0 Å². The Labute approximate surface area is 144 Å². The van der Waals surface area contributed by atoms with E-state index in [0.717, 1.165) is 17.5 Å². The molecule has 0 aromatic heterocycles. The van der Waals surface area contributed by atoms with Gasteiger partial charge in [0.25, 0.3) is 5.91 Å². The normalized spacial score (nSPS) is 14.0. The van der Waals surface area contributed by atoms with E-state index >= 15 is 0 Å². The minimum atomic E-state index is 0.00628. The number of hydrogen-bond donors (Lipinski definition) is 1. The highest BCUT2D eigenvalue weighted by atomic mass is 16.1. The van der Waals surface area contributed by atoms with Crippen molar-refractivity contribution >= 4 is 11.6 Å². The van der Waals surface area contributed by atoms with Crippen LogP contribution in [0.15, 0.2) is 42.5 Å². The summed E-state index contributed by atoms with van der Waals surface area (Å²) in [7, 11) is 0. The van der Waals surface area contributed by atoms with Gasteiger partial charge in [-0.1, -0.05) is 18.2 Å². The molecule has 2 aromatic rings. The van der Waals surface area contributed by atoms with Gasteiger partial charge in [-0.15, -0.1) is 0 Å². The number of carbonyl (C=O) groups is 1. The summed E-state index contributed by atoms with van der Waals surface area (Å²) in [6.45, 7) is 7.10. The van der Waals surface area contributed by atoms with Crippen molar-refractivity contribution in [3.05, 3.63) is 64.7 Å². The molecule has 1 N–H and O–H groups in total. The van der Waals surface area contributed by atoms with E-state index < -0.39 is 0 Å². The van der Waals surface area contributed by atoms with E-state index in [1.807, 2.05) is 25.1 Å². The lowest BCUT2D eigenvalue weighted by atomic mass is 10.1. The van der Waals surface area contributed by atoms with Crippen molar-refractivity contribution in [2.75, 3.05) is 24.5 Å². The molecule has 0 spiro atoms. The van der Waals surface area contributed by atoms with Crippen LogP contribution in [0.1, 0.15) is 39.9 Å². The molecule has 0 saturated carbocycles. The fourth-order valence-electron chi connectivity index (χ4n) is 3.15. The summed E-state index contributed by atoms with van der Waals surface area (Å²) in [5.74, 6) is 0.00628. The van der Waals surface area contributed by atoms with Gasteiger partial charge in [-0.3, -0.25) is 4.79 Å². The van der Waals surface area contributed by atoms with E-state index in [-0.39, 0.29) is 5.91 Å². The number of rotatable bonds is 5. The van der Waals surface area contributed by atoms with Crippen LogP contribution in [0.25, 0.3) is 0 Å². The third-order valence-electron chi connectivity index (χ3n) is 4.88. The Hall–Kier alpha value is -2.29. The third-order valence-corrected chi connectivity index (χ3v) is 4.88. The van der Waals surface area contributed by atoms with Crippen molar-refractivity contribution in [2.45, 2.75) is 33.1 Å². The Morgan fingerprint density at radius 1 is 1.00 bits per heavy atom. The minimum Gasteiger partial charge on any atom is -0.372 e. The van der Waals surface area contributed by atoms with Gasteiger partial charge in [0.1, 0.15) is 0 Å². The number of amides is 1. The highest BCUT2D eigenvalue weighted by Gasteiger charge is 2.11. The lowest BCUT2D eigenvalue weighted by Crippen LogP contribution is -2.25. The number of carbonyl (C=O) groups excluding carboxylic acids is 1. The molecule has 1 amide bonds. The molecule has 0 bridgehead atoms. The molecule has 24 heavy (non-hydrogen) atoms. The van der Waals surface area contributed by atoms with Crippen molar-refractivity contribution in [2.24, 2.45) is 0 Å². The van der Waals surface area contributed by atoms with Crippen LogP contribution in [0.5, 0.6) is 0 Å². The highest BCUT2D eigenvalue weighted by Crippen LogP contribution is 2.20. The number of nitrogens with one attached hydrogen (secondary N) is 1. The molecule has 1 aliphatic rings. The molecule has 0 aliphatic carbocycles. The summed E-state index contributed by atoms with van der Waals surface area (Å²) < 4.78 is 0. The molecule has 0 atom stereocenters. The second kappa shape index (κ2) is 7.52. The van der Waals surface area contributed by atoms with Crippen molar-refractivity contribution in [3.63, 3.8) is 0 Å². The first kappa shape index (κ1) is 16.6. The monoisotopic (exact) mass is 322 g/mol. The zero-order valence-corrected chi connectivity index (χ0v) is 14.6. The van der Waals surface area contributed by atoms with Gasteiger partial charge < -0.3 is 10.2 Å². The van der Waals surface area contributed by atoms with Gasteiger partial charge in [0, 0.05) is 30.9 Å². The standard InChI is InChI=1S/C21H26N2O/c1-16-5-8-19(15-17(16)2)21(24)22-12-11-18-6-9-20(10-7-18)23-13-3-4-14-23/h5-10,15H,3-4,11-14H2,1-2H3,(H,22,24). The average molecular weight is 322 g/mol. The van der Waals surface area contributed by atoms with E-state index in [4.69, 9.17) is 0 Å². The first-order chi connectivity index (χ1) is 11.6. The summed E-state index contributed by atoms with van der Waals surface area (Å²) in [5.41, 5.74) is 5.68. The predicted octanol–water partition coefficient (Wildman–Crippen LogP) is 3.88. The van der Waals surface area contributed by atoms with Crippen LogP contribution in [-0.2, 0) is 6.42 Å². The zero-order valence-electron chi connectivity index (χ0n) is 14.6. The van der Waals surface area contributed by atoms with Gasteiger partial charge in [0.05, 0.1) is 0 Å². The first-order valence-electron chi connectivity index (χ1n) is 8.83. The maximum absolute atomic E-state index is 12.2. The molecule has 3 rings (SSSR count). The summed E-state index contributed by atoms with van der Waals surface area (Å²) in [6.07, 6.45) is 3.45. The second-order valence-electron chi connectivity index (χ2n) is 6.67. The van der Waals surface area contributed by atoms with E-state index in [1.165, 1.54) is 42.7 Å². The van der Waals surface area contributed by atoms with E-state index in [1.54, 1.807) is 0 Å². The fraction of sp³-hybridized carbons (Fsp3) is 0.381. The highest BCUT2D eigenvalue weighted by molar-refractivity contribution is 5.94. The quantitative estimate of drug-likeness (QED) is 0.906. The molecule has 2 aromatic carbocycles. The van der Waals surface area contributed by atoms with Crippen LogP contribution < -0.4 is 10.2 Å². The lowest BCUT2D eigenvalue weighted by Gasteiger charge is -2.17. The third kappa shape index (κ3) is 3.97. The molecule has 1 fully saturated rings. The predicted molar refractivity (Wildman–Crippen MR) is 99.8 cm³/mol. The Morgan fingerprint density at radius 2 is 1.71 bits per heavy atom. The van der Waals surface area contributed by atoms with E-state index in [2.05, 4.69) is 41.4 Å². The molecule has 3 heteroatoms. The molecular weight excluding hydrogens is 296 g/mol. The van der Waals surface area contributed by atoms with Crippen molar-refractivity contribution in [1.82, 2.24) is 5.32 Å². The zero-order chi connectivity index (χ0) is 16.9. The van der Waals surface area contributed by atoms with E-state index in [0.29, 0.717) is 6.54 Å². The van der Waals surface area contributed by atoms with Gasteiger partial charge in [-0.05, 0) is 74.1 Å². The van der Waals surface area contributed by atoms with Crippen molar-refractivity contribution in [3.8, 4) is 0 Å². The minimum absolute atomic E-state index is 0.00628. The molecule has 3 nitrogen and oxygen atoms in total. The molecule has 1 saturated heterocycles. The van der Waals surface area contributed by atoms with Crippen LogP contribution in [0.2, 0.25) is 0 Å². The SMILES string of the molecule is Cc1ccc(C(=O)NCCc2ccc(N3CCCC3)cc2)cc1C. The second-order valence-corrected chi connectivity index (χ2v) is 6.67. The Morgan fingerprint density at radius 3 is 2.38 bits per heavy atom. The average Bonchev–Trinajstić information content (AvgIpc) is 3.12. The fourth-order valence-corrected chi connectivity index (χ4v) is 3.15. The molecule has 0 unspecified atom stereocenters.